The highest BCUT2D eigenvalue weighted by Crippen LogP contribution is 2.60. The number of carbonyl (C=O) groups is 1. The molecule has 126 valence electrons. The summed E-state index contributed by atoms with van der Waals surface area (Å²) < 4.78 is 5.02. The predicted octanol–water partition coefficient (Wildman–Crippen LogP) is 4.18. The third kappa shape index (κ3) is 4.33. The molecule has 0 aliphatic carbocycles. The molecule has 2 rings (SSSR count). The monoisotopic (exact) mass is 341 g/mol. The molecule has 2 nitrogen and oxygen atoms in total. The molecule has 2 aromatic carbocycles. The van der Waals surface area contributed by atoms with E-state index in [9.17, 15) is 4.79 Å². The number of rotatable bonds is 7. The summed E-state index contributed by atoms with van der Waals surface area (Å²) in [6.45, 7) is 6.41. The second-order valence-corrected chi connectivity index (χ2v) is 10.3. The van der Waals surface area contributed by atoms with Gasteiger partial charge in [-0.2, -0.15) is 0 Å². The largest absolute Gasteiger partial charge is 0.462 e. The summed E-state index contributed by atoms with van der Waals surface area (Å²) in [6.07, 6.45) is 5.11. The third-order valence-corrected chi connectivity index (χ3v) is 9.25. The summed E-state index contributed by atoms with van der Waals surface area (Å²) >= 11 is 0. The van der Waals surface area contributed by atoms with Crippen LogP contribution in [0.25, 0.3) is 0 Å². The number of benzene rings is 2. The van der Waals surface area contributed by atoms with Crippen LogP contribution in [0.2, 0.25) is 0 Å². The highest BCUT2D eigenvalue weighted by Gasteiger charge is 2.44. The zero-order valence-electron chi connectivity index (χ0n) is 14.7. The van der Waals surface area contributed by atoms with Gasteiger partial charge in [0.1, 0.15) is 6.61 Å². The van der Waals surface area contributed by atoms with E-state index >= 15 is 0 Å². The summed E-state index contributed by atoms with van der Waals surface area (Å²) in [6, 6.07) is 21.6. The Kier molecular flexibility index (Phi) is 6.75. The normalized spacial score (nSPS) is 11.8. The van der Waals surface area contributed by atoms with Gasteiger partial charge in [-0.05, 0) is 50.3 Å². The molecular weight excluding hydrogens is 315 g/mol. The topological polar surface area (TPSA) is 26.3 Å². The van der Waals surface area contributed by atoms with Crippen LogP contribution in [-0.4, -0.2) is 24.4 Å². The Morgan fingerprint density at radius 3 is 1.88 bits per heavy atom. The molecule has 0 heterocycles. The van der Waals surface area contributed by atoms with Crippen molar-refractivity contribution in [3.05, 3.63) is 72.8 Å². The van der Waals surface area contributed by atoms with E-state index in [0.717, 1.165) is 6.16 Å². The van der Waals surface area contributed by atoms with Gasteiger partial charge >= 0.3 is 5.97 Å². The molecule has 0 aliphatic rings. The third-order valence-electron chi connectivity index (χ3n) is 4.26. The maximum Gasteiger partial charge on any atom is 0.302 e. The van der Waals surface area contributed by atoms with E-state index in [1.807, 2.05) is 6.08 Å². The Labute approximate surface area is 145 Å². The minimum absolute atomic E-state index is 0.240. The molecule has 0 bridgehead atoms. The van der Waals surface area contributed by atoms with Gasteiger partial charge in [0.2, 0.25) is 0 Å². The second-order valence-electron chi connectivity index (χ2n) is 6.09. The van der Waals surface area contributed by atoms with Crippen LogP contribution < -0.4 is 10.6 Å². The van der Waals surface area contributed by atoms with E-state index in [-0.39, 0.29) is 5.97 Å². The minimum Gasteiger partial charge on any atom is -0.462 e. The first-order valence-electron chi connectivity index (χ1n) is 8.34. The first-order valence-corrected chi connectivity index (χ1v) is 10.4. The van der Waals surface area contributed by atoms with Crippen molar-refractivity contribution in [2.24, 2.45) is 0 Å². The van der Waals surface area contributed by atoms with Gasteiger partial charge in [0.15, 0.2) is 0 Å². The minimum atomic E-state index is -1.56. The van der Waals surface area contributed by atoms with Crippen LogP contribution in [-0.2, 0) is 9.53 Å². The maximum absolute atomic E-state index is 10.9. The Hall–Kier alpha value is -1.92. The fraction of sp³-hybridized carbons (Fsp3) is 0.286. The van der Waals surface area contributed by atoms with Crippen molar-refractivity contribution in [1.29, 1.82) is 0 Å². The van der Waals surface area contributed by atoms with Crippen LogP contribution in [0.3, 0.4) is 0 Å². The molecule has 0 aliphatic heterocycles. The first-order chi connectivity index (χ1) is 11.6. The van der Waals surface area contributed by atoms with Crippen LogP contribution in [0, 0.1) is 0 Å². The Balaban J connectivity index is 2.38. The molecular formula is C21H26O2P+. The molecule has 0 N–H and O–H groups in total. The van der Waals surface area contributed by atoms with Crippen molar-refractivity contribution in [2.75, 3.05) is 12.8 Å². The van der Waals surface area contributed by atoms with Crippen LogP contribution in [0.4, 0.5) is 0 Å². The standard InChI is InChI=1S/C21H26O2P/c1-18(2)24(20-12-6-4-7-13-20,21-14-8-5-9-15-21)17-11-10-16-23-19(3)22/h4-15,18H,16-17H2,1-3H3/q+1/b11-10+. The van der Waals surface area contributed by atoms with Gasteiger partial charge in [-0.3, -0.25) is 4.79 Å². The van der Waals surface area contributed by atoms with Crippen molar-refractivity contribution >= 4 is 23.8 Å². The fourth-order valence-electron chi connectivity index (χ4n) is 3.03. The van der Waals surface area contributed by atoms with Crippen molar-refractivity contribution in [1.82, 2.24) is 0 Å². The molecule has 0 unspecified atom stereocenters. The number of carbonyl (C=O) groups excluding carboxylic acids is 1. The summed E-state index contributed by atoms with van der Waals surface area (Å²) in [5, 5.41) is 2.84. The Bertz CT molecular complexity index is 623. The van der Waals surface area contributed by atoms with Crippen LogP contribution in [0.1, 0.15) is 20.8 Å². The molecule has 24 heavy (non-hydrogen) atoms. The number of esters is 1. The highest BCUT2D eigenvalue weighted by molar-refractivity contribution is 7.90. The Morgan fingerprint density at radius 1 is 0.958 bits per heavy atom. The molecule has 0 radical (unpaired) electrons. The smallest absolute Gasteiger partial charge is 0.302 e. The molecule has 2 aromatic rings. The van der Waals surface area contributed by atoms with E-state index in [2.05, 4.69) is 80.6 Å². The highest BCUT2D eigenvalue weighted by atomic mass is 31.2. The molecule has 0 spiro atoms. The van der Waals surface area contributed by atoms with Crippen molar-refractivity contribution in [3.8, 4) is 0 Å². The van der Waals surface area contributed by atoms with Gasteiger partial charge in [0.05, 0.1) is 29.7 Å². The lowest BCUT2D eigenvalue weighted by Crippen LogP contribution is -2.30. The molecule has 0 atom stereocenters. The van der Waals surface area contributed by atoms with E-state index in [4.69, 9.17) is 4.74 Å². The lowest BCUT2D eigenvalue weighted by atomic mass is 10.4. The molecule has 0 saturated heterocycles. The lowest BCUT2D eigenvalue weighted by molar-refractivity contribution is -0.139. The Morgan fingerprint density at radius 2 is 1.46 bits per heavy atom. The molecule has 0 fully saturated rings. The summed E-state index contributed by atoms with van der Waals surface area (Å²) in [5.41, 5.74) is 0.528. The zero-order valence-corrected chi connectivity index (χ0v) is 15.6. The molecule has 0 aromatic heterocycles. The van der Waals surface area contributed by atoms with Crippen molar-refractivity contribution < 1.29 is 9.53 Å². The number of allylic oxidation sites excluding steroid dienone is 1. The van der Waals surface area contributed by atoms with Crippen LogP contribution >= 0.6 is 7.26 Å². The number of hydrogen-bond donors (Lipinski definition) is 0. The number of ether oxygens (including phenoxy) is 1. The van der Waals surface area contributed by atoms with Gasteiger partial charge in [-0.25, -0.2) is 0 Å². The van der Waals surface area contributed by atoms with Gasteiger partial charge in [-0.1, -0.05) is 36.4 Å². The second kappa shape index (κ2) is 8.80. The van der Waals surface area contributed by atoms with Crippen LogP contribution in [0.5, 0.6) is 0 Å². The zero-order chi connectivity index (χ0) is 17.4. The summed E-state index contributed by atoms with van der Waals surface area (Å²) in [5.74, 6) is -0.240. The van der Waals surface area contributed by atoms with Gasteiger partial charge in [0, 0.05) is 6.92 Å². The van der Waals surface area contributed by atoms with Gasteiger partial charge < -0.3 is 4.74 Å². The number of hydrogen-bond acceptors (Lipinski definition) is 2. The van der Waals surface area contributed by atoms with E-state index in [0.29, 0.717) is 12.3 Å². The van der Waals surface area contributed by atoms with Crippen LogP contribution in [0.15, 0.2) is 72.8 Å². The van der Waals surface area contributed by atoms with Gasteiger partial charge in [0.25, 0.3) is 0 Å². The maximum atomic E-state index is 10.9. The van der Waals surface area contributed by atoms with E-state index in [1.165, 1.54) is 17.5 Å². The quantitative estimate of drug-likeness (QED) is 0.429. The lowest BCUT2D eigenvalue weighted by Gasteiger charge is -2.30. The van der Waals surface area contributed by atoms with E-state index < -0.39 is 7.26 Å². The molecule has 3 heteroatoms. The average molecular weight is 341 g/mol. The van der Waals surface area contributed by atoms with Gasteiger partial charge in [-0.15, -0.1) is 0 Å². The average Bonchev–Trinajstić information content (AvgIpc) is 2.59. The van der Waals surface area contributed by atoms with Crippen molar-refractivity contribution in [2.45, 2.75) is 26.4 Å². The summed E-state index contributed by atoms with van der Waals surface area (Å²) in [4.78, 5) is 10.9. The predicted molar refractivity (Wildman–Crippen MR) is 105 cm³/mol. The SMILES string of the molecule is CC(=O)OC/C=C/C[P+](c1ccccc1)(c1ccccc1)C(C)C. The molecule has 0 amide bonds. The van der Waals surface area contributed by atoms with Crippen molar-refractivity contribution in [3.63, 3.8) is 0 Å². The molecule has 0 saturated carbocycles. The summed E-state index contributed by atoms with van der Waals surface area (Å²) in [7, 11) is -1.56. The first kappa shape index (κ1) is 18.4. The fourth-order valence-corrected chi connectivity index (χ4v) is 7.25. The van der Waals surface area contributed by atoms with E-state index in [1.54, 1.807) is 0 Å².